The fourth-order valence-electron chi connectivity index (χ4n) is 4.85. The molecule has 0 amide bonds. The summed E-state index contributed by atoms with van der Waals surface area (Å²) < 4.78 is 17.1. The Balaban J connectivity index is 1.39. The third-order valence-corrected chi connectivity index (χ3v) is 7.64. The SMILES string of the molecule is CCN1CCC(Cc2ccc(-n3ccc4cnc(N(C)c5ccc(C)c(Cl)c5)nc43)cc2F)CC1. The molecule has 1 aliphatic heterocycles. The Labute approximate surface area is 211 Å². The van der Waals surface area contributed by atoms with Crippen LogP contribution in [-0.4, -0.2) is 46.1 Å². The van der Waals surface area contributed by atoms with Crippen LogP contribution in [0.15, 0.2) is 54.9 Å². The molecule has 1 aliphatic rings. The van der Waals surface area contributed by atoms with E-state index in [1.165, 1.54) is 0 Å². The number of piperidine rings is 1. The second-order valence-corrected chi connectivity index (χ2v) is 9.89. The molecule has 7 heteroatoms. The normalized spacial score (nSPS) is 15.1. The molecule has 0 saturated carbocycles. The zero-order chi connectivity index (χ0) is 24.5. The molecule has 35 heavy (non-hydrogen) atoms. The van der Waals surface area contributed by atoms with Crippen LogP contribution in [0.2, 0.25) is 5.02 Å². The minimum atomic E-state index is -0.150. The highest BCUT2D eigenvalue weighted by molar-refractivity contribution is 6.31. The van der Waals surface area contributed by atoms with E-state index in [2.05, 4.69) is 16.8 Å². The molecule has 2 aromatic heterocycles. The van der Waals surface area contributed by atoms with E-state index in [0.29, 0.717) is 16.9 Å². The Bertz CT molecular complexity index is 1340. The third-order valence-electron chi connectivity index (χ3n) is 7.24. The summed E-state index contributed by atoms with van der Waals surface area (Å²) in [4.78, 5) is 13.7. The van der Waals surface area contributed by atoms with Crippen molar-refractivity contribution in [2.75, 3.05) is 31.6 Å². The van der Waals surface area contributed by atoms with Gasteiger partial charge in [-0.15, -0.1) is 0 Å². The predicted octanol–water partition coefficient (Wildman–Crippen LogP) is 6.56. The number of aromatic nitrogens is 3. The molecule has 182 valence electrons. The molecule has 0 atom stereocenters. The number of benzene rings is 2. The lowest BCUT2D eigenvalue weighted by molar-refractivity contribution is 0.191. The molecular formula is C28H31ClFN5. The summed E-state index contributed by atoms with van der Waals surface area (Å²) in [6, 6.07) is 13.4. The first-order chi connectivity index (χ1) is 16.9. The van der Waals surface area contributed by atoms with Gasteiger partial charge in [0.1, 0.15) is 11.5 Å². The highest BCUT2D eigenvalue weighted by Gasteiger charge is 2.20. The number of hydrogen-bond donors (Lipinski definition) is 0. The molecule has 0 N–H and O–H groups in total. The largest absolute Gasteiger partial charge is 0.314 e. The number of likely N-dealkylation sites (tertiary alicyclic amines) is 1. The van der Waals surface area contributed by atoms with E-state index in [1.54, 1.807) is 12.3 Å². The maximum atomic E-state index is 15.2. The predicted molar refractivity (Wildman–Crippen MR) is 142 cm³/mol. The van der Waals surface area contributed by atoms with E-state index in [-0.39, 0.29) is 5.82 Å². The van der Waals surface area contributed by atoms with Gasteiger partial charge in [0.05, 0.1) is 0 Å². The Morgan fingerprint density at radius 2 is 1.91 bits per heavy atom. The van der Waals surface area contributed by atoms with Crippen molar-refractivity contribution >= 4 is 34.3 Å². The molecule has 0 unspecified atom stereocenters. The van der Waals surface area contributed by atoms with E-state index < -0.39 is 0 Å². The van der Waals surface area contributed by atoms with Crippen LogP contribution in [0.3, 0.4) is 0 Å². The molecule has 0 spiro atoms. The van der Waals surface area contributed by atoms with Crippen molar-refractivity contribution in [2.45, 2.75) is 33.1 Å². The molecule has 3 heterocycles. The monoisotopic (exact) mass is 491 g/mol. The minimum Gasteiger partial charge on any atom is -0.314 e. The topological polar surface area (TPSA) is 37.2 Å². The number of anilines is 2. The van der Waals surface area contributed by atoms with Crippen LogP contribution < -0.4 is 4.90 Å². The average Bonchev–Trinajstić information content (AvgIpc) is 3.30. The lowest BCUT2D eigenvalue weighted by Gasteiger charge is -2.31. The molecule has 5 nitrogen and oxygen atoms in total. The Morgan fingerprint density at radius 3 is 2.63 bits per heavy atom. The molecule has 2 aromatic carbocycles. The van der Waals surface area contributed by atoms with E-state index in [9.17, 15) is 0 Å². The number of aryl methyl sites for hydroxylation is 1. The number of halogens is 2. The van der Waals surface area contributed by atoms with Gasteiger partial charge in [0.15, 0.2) is 0 Å². The molecule has 1 fully saturated rings. The standard InChI is InChI=1S/C28H31ClFN5/c1-4-34-12-9-20(10-13-34)15-21-6-8-24(17-26(21)30)35-14-11-22-18-31-28(32-27(22)35)33(3)23-7-5-19(2)25(29)16-23/h5-8,11,14,16-18,20H,4,9-10,12-13,15H2,1-3H3. The third kappa shape index (κ3) is 4.91. The van der Waals surface area contributed by atoms with Gasteiger partial charge >= 0.3 is 0 Å². The molecule has 4 aromatic rings. The molecule has 1 saturated heterocycles. The van der Waals surface area contributed by atoms with Crippen molar-refractivity contribution in [3.8, 4) is 5.69 Å². The lowest BCUT2D eigenvalue weighted by Crippen LogP contribution is -2.34. The van der Waals surface area contributed by atoms with Crippen molar-refractivity contribution in [1.82, 2.24) is 19.4 Å². The van der Waals surface area contributed by atoms with Crippen LogP contribution >= 0.6 is 11.6 Å². The zero-order valence-electron chi connectivity index (χ0n) is 20.5. The second kappa shape index (κ2) is 9.96. The van der Waals surface area contributed by atoms with Gasteiger partial charge in [0, 0.05) is 41.2 Å². The minimum absolute atomic E-state index is 0.150. The van der Waals surface area contributed by atoms with Crippen LogP contribution in [0.25, 0.3) is 16.7 Å². The quantitative estimate of drug-likeness (QED) is 0.306. The number of rotatable bonds is 6. The first-order valence-corrected chi connectivity index (χ1v) is 12.7. The molecular weight excluding hydrogens is 461 g/mol. The fraction of sp³-hybridized carbons (Fsp3) is 0.357. The van der Waals surface area contributed by atoms with Crippen LogP contribution in [0.1, 0.15) is 30.9 Å². The van der Waals surface area contributed by atoms with Gasteiger partial charge in [0.25, 0.3) is 0 Å². The van der Waals surface area contributed by atoms with Gasteiger partial charge in [-0.05, 0) is 93.2 Å². The van der Waals surface area contributed by atoms with Crippen molar-refractivity contribution in [3.05, 3.63) is 76.8 Å². The number of nitrogens with zero attached hydrogens (tertiary/aromatic N) is 5. The van der Waals surface area contributed by atoms with Crippen LogP contribution in [0, 0.1) is 18.7 Å². The average molecular weight is 492 g/mol. The Hall–Kier alpha value is -2.96. The molecule has 5 rings (SSSR count). The van der Waals surface area contributed by atoms with Crippen molar-refractivity contribution in [2.24, 2.45) is 5.92 Å². The van der Waals surface area contributed by atoms with E-state index in [4.69, 9.17) is 16.6 Å². The van der Waals surface area contributed by atoms with Crippen molar-refractivity contribution < 1.29 is 4.39 Å². The first-order valence-electron chi connectivity index (χ1n) is 12.3. The summed E-state index contributed by atoms with van der Waals surface area (Å²) in [5.41, 5.74) is 4.21. The molecule has 0 aliphatic carbocycles. The highest BCUT2D eigenvalue weighted by Crippen LogP contribution is 2.29. The van der Waals surface area contributed by atoms with Gasteiger partial charge in [-0.3, -0.25) is 0 Å². The number of fused-ring (bicyclic) bond motifs is 1. The first kappa shape index (κ1) is 23.8. The van der Waals surface area contributed by atoms with Gasteiger partial charge < -0.3 is 14.4 Å². The summed E-state index contributed by atoms with van der Waals surface area (Å²) in [7, 11) is 1.91. The van der Waals surface area contributed by atoms with Gasteiger partial charge in [-0.25, -0.2) is 9.37 Å². The Morgan fingerprint density at radius 1 is 1.11 bits per heavy atom. The molecule has 0 bridgehead atoms. The van der Waals surface area contributed by atoms with Crippen molar-refractivity contribution in [1.29, 1.82) is 0 Å². The lowest BCUT2D eigenvalue weighted by atomic mass is 9.90. The van der Waals surface area contributed by atoms with E-state index in [0.717, 1.165) is 72.4 Å². The smallest absolute Gasteiger partial charge is 0.231 e. The zero-order valence-corrected chi connectivity index (χ0v) is 21.3. The highest BCUT2D eigenvalue weighted by atomic mass is 35.5. The number of hydrogen-bond acceptors (Lipinski definition) is 4. The van der Waals surface area contributed by atoms with Gasteiger partial charge in [-0.2, -0.15) is 4.98 Å². The van der Waals surface area contributed by atoms with Gasteiger partial charge in [-0.1, -0.05) is 30.7 Å². The van der Waals surface area contributed by atoms with E-state index >= 15 is 4.39 Å². The summed E-state index contributed by atoms with van der Waals surface area (Å²) in [6.45, 7) is 7.50. The van der Waals surface area contributed by atoms with E-state index in [1.807, 2.05) is 66.0 Å². The van der Waals surface area contributed by atoms with Crippen LogP contribution in [0.5, 0.6) is 0 Å². The maximum absolute atomic E-state index is 15.2. The van der Waals surface area contributed by atoms with Gasteiger partial charge in [0.2, 0.25) is 5.95 Å². The molecule has 0 radical (unpaired) electrons. The maximum Gasteiger partial charge on any atom is 0.231 e. The summed E-state index contributed by atoms with van der Waals surface area (Å²) in [6.07, 6.45) is 6.79. The van der Waals surface area contributed by atoms with Crippen molar-refractivity contribution in [3.63, 3.8) is 0 Å². The summed E-state index contributed by atoms with van der Waals surface area (Å²) in [5, 5.41) is 1.60. The summed E-state index contributed by atoms with van der Waals surface area (Å²) in [5.74, 6) is 0.947. The second-order valence-electron chi connectivity index (χ2n) is 9.48. The summed E-state index contributed by atoms with van der Waals surface area (Å²) >= 11 is 6.32. The fourth-order valence-corrected chi connectivity index (χ4v) is 5.03. The van der Waals surface area contributed by atoms with Crippen LogP contribution in [-0.2, 0) is 6.42 Å². The Kier molecular flexibility index (Phi) is 6.76. The van der Waals surface area contributed by atoms with Crippen LogP contribution in [0.4, 0.5) is 16.0 Å².